The Morgan fingerprint density at radius 3 is 2.85 bits per heavy atom. The van der Waals surface area contributed by atoms with Gasteiger partial charge in [-0.25, -0.2) is 0 Å². The minimum Gasteiger partial charge on any atom is -0.373 e. The first-order valence-electron chi connectivity index (χ1n) is 4.98. The van der Waals surface area contributed by atoms with Crippen molar-refractivity contribution in [1.82, 2.24) is 14.8 Å². The Hall–Kier alpha value is -0.900. The highest BCUT2D eigenvalue weighted by molar-refractivity contribution is 5.10. The van der Waals surface area contributed by atoms with Crippen LogP contribution >= 0.6 is 0 Å². The van der Waals surface area contributed by atoms with Gasteiger partial charge in [0.05, 0.1) is 0 Å². The third-order valence-corrected chi connectivity index (χ3v) is 2.90. The number of rotatable bonds is 1. The van der Waals surface area contributed by atoms with Gasteiger partial charge in [0.15, 0.2) is 0 Å². The Morgan fingerprint density at radius 1 is 1.23 bits per heavy atom. The molecule has 3 rings (SSSR count). The van der Waals surface area contributed by atoms with E-state index >= 15 is 0 Å². The van der Waals surface area contributed by atoms with Crippen LogP contribution in [-0.4, -0.2) is 19.9 Å². The fourth-order valence-electron chi connectivity index (χ4n) is 2.02. The number of fused-ring (bicyclic) bond motifs is 1. The van der Waals surface area contributed by atoms with Crippen LogP contribution < -0.4 is 0 Å². The standard InChI is InChI=1S/C9H13N3O/c13-8-3-1-2-7-10-11-9(12(7)8)6-4-5-6/h6,8,13H,1-5H2. The van der Waals surface area contributed by atoms with Crippen molar-refractivity contribution in [3.05, 3.63) is 11.6 Å². The molecule has 4 nitrogen and oxygen atoms in total. The second kappa shape index (κ2) is 2.54. The molecule has 1 saturated carbocycles. The van der Waals surface area contributed by atoms with Gasteiger partial charge in [0.25, 0.3) is 0 Å². The summed E-state index contributed by atoms with van der Waals surface area (Å²) in [6, 6.07) is 0. The number of aliphatic hydroxyl groups excluding tert-OH is 1. The van der Waals surface area contributed by atoms with E-state index in [1.807, 2.05) is 4.57 Å². The molecular formula is C9H13N3O. The van der Waals surface area contributed by atoms with Crippen LogP contribution in [0.3, 0.4) is 0 Å². The van der Waals surface area contributed by atoms with E-state index in [2.05, 4.69) is 10.2 Å². The number of hydrogen-bond acceptors (Lipinski definition) is 3. The summed E-state index contributed by atoms with van der Waals surface area (Å²) in [5.41, 5.74) is 0. The van der Waals surface area contributed by atoms with Crippen LogP contribution in [0.4, 0.5) is 0 Å². The number of nitrogens with zero attached hydrogens (tertiary/aromatic N) is 3. The molecular weight excluding hydrogens is 166 g/mol. The Kier molecular flexibility index (Phi) is 1.47. The summed E-state index contributed by atoms with van der Waals surface area (Å²) >= 11 is 0. The van der Waals surface area contributed by atoms with Crippen molar-refractivity contribution in [1.29, 1.82) is 0 Å². The SMILES string of the molecule is OC1CCCc2nnc(C3CC3)n21. The maximum Gasteiger partial charge on any atom is 0.138 e. The largest absolute Gasteiger partial charge is 0.373 e. The number of aliphatic hydroxyl groups is 1. The number of hydrogen-bond donors (Lipinski definition) is 1. The van der Waals surface area contributed by atoms with Crippen molar-refractivity contribution in [2.75, 3.05) is 0 Å². The average molecular weight is 179 g/mol. The maximum absolute atomic E-state index is 9.79. The topological polar surface area (TPSA) is 50.9 Å². The second-order valence-corrected chi connectivity index (χ2v) is 3.99. The van der Waals surface area contributed by atoms with Crippen LogP contribution in [0.15, 0.2) is 0 Å². The summed E-state index contributed by atoms with van der Waals surface area (Å²) in [7, 11) is 0. The van der Waals surface area contributed by atoms with E-state index in [1.54, 1.807) is 0 Å². The van der Waals surface area contributed by atoms with Crippen LogP contribution in [-0.2, 0) is 6.42 Å². The minimum absolute atomic E-state index is 0.366. The summed E-state index contributed by atoms with van der Waals surface area (Å²) in [5.74, 6) is 2.57. The van der Waals surface area contributed by atoms with Gasteiger partial charge in [0.2, 0.25) is 0 Å². The van der Waals surface area contributed by atoms with Crippen molar-refractivity contribution in [3.8, 4) is 0 Å². The molecule has 1 aromatic rings. The molecule has 0 amide bonds. The molecule has 1 aliphatic carbocycles. The fourth-order valence-corrected chi connectivity index (χ4v) is 2.02. The lowest BCUT2D eigenvalue weighted by Gasteiger charge is -2.21. The molecule has 1 atom stereocenters. The van der Waals surface area contributed by atoms with Crippen molar-refractivity contribution >= 4 is 0 Å². The lowest BCUT2D eigenvalue weighted by molar-refractivity contribution is 0.0749. The minimum atomic E-state index is -0.366. The fraction of sp³-hybridized carbons (Fsp3) is 0.778. The zero-order chi connectivity index (χ0) is 8.84. The lowest BCUT2D eigenvalue weighted by atomic mass is 10.1. The predicted molar refractivity (Wildman–Crippen MR) is 46.2 cm³/mol. The smallest absolute Gasteiger partial charge is 0.138 e. The zero-order valence-corrected chi connectivity index (χ0v) is 7.48. The van der Waals surface area contributed by atoms with Gasteiger partial charge >= 0.3 is 0 Å². The first-order chi connectivity index (χ1) is 6.36. The summed E-state index contributed by atoms with van der Waals surface area (Å²) in [4.78, 5) is 0. The molecule has 4 heteroatoms. The van der Waals surface area contributed by atoms with Gasteiger partial charge in [-0.05, 0) is 25.7 Å². The molecule has 1 N–H and O–H groups in total. The van der Waals surface area contributed by atoms with E-state index in [0.717, 1.165) is 30.9 Å². The highest BCUT2D eigenvalue weighted by Gasteiger charge is 2.33. The van der Waals surface area contributed by atoms with Crippen LogP contribution in [0.1, 0.15) is 49.5 Å². The zero-order valence-electron chi connectivity index (χ0n) is 7.48. The molecule has 1 aliphatic heterocycles. The summed E-state index contributed by atoms with van der Waals surface area (Å²) in [6.07, 6.45) is 4.91. The Labute approximate surface area is 76.6 Å². The van der Waals surface area contributed by atoms with Gasteiger partial charge in [0, 0.05) is 12.3 Å². The van der Waals surface area contributed by atoms with Gasteiger partial charge in [-0.1, -0.05) is 0 Å². The number of aryl methyl sites for hydroxylation is 1. The highest BCUT2D eigenvalue weighted by Crippen LogP contribution is 2.41. The van der Waals surface area contributed by atoms with E-state index in [4.69, 9.17) is 0 Å². The lowest BCUT2D eigenvalue weighted by Crippen LogP contribution is -2.19. The van der Waals surface area contributed by atoms with Crippen molar-refractivity contribution < 1.29 is 5.11 Å². The second-order valence-electron chi connectivity index (χ2n) is 3.99. The monoisotopic (exact) mass is 179 g/mol. The van der Waals surface area contributed by atoms with Gasteiger partial charge in [0.1, 0.15) is 17.9 Å². The van der Waals surface area contributed by atoms with E-state index < -0.39 is 0 Å². The maximum atomic E-state index is 9.79. The number of aromatic nitrogens is 3. The molecule has 70 valence electrons. The van der Waals surface area contributed by atoms with Crippen molar-refractivity contribution in [2.24, 2.45) is 0 Å². The van der Waals surface area contributed by atoms with Crippen LogP contribution in [0, 0.1) is 0 Å². The van der Waals surface area contributed by atoms with Gasteiger partial charge in [-0.15, -0.1) is 10.2 Å². The molecule has 0 spiro atoms. The molecule has 2 aliphatic rings. The van der Waals surface area contributed by atoms with Crippen LogP contribution in [0.2, 0.25) is 0 Å². The molecule has 2 heterocycles. The molecule has 1 unspecified atom stereocenters. The van der Waals surface area contributed by atoms with E-state index in [0.29, 0.717) is 5.92 Å². The molecule has 13 heavy (non-hydrogen) atoms. The van der Waals surface area contributed by atoms with E-state index in [1.165, 1.54) is 12.8 Å². The van der Waals surface area contributed by atoms with Crippen molar-refractivity contribution in [3.63, 3.8) is 0 Å². The molecule has 0 bridgehead atoms. The summed E-state index contributed by atoms with van der Waals surface area (Å²) < 4.78 is 1.95. The predicted octanol–water partition coefficient (Wildman–Crippen LogP) is 0.983. The third-order valence-electron chi connectivity index (χ3n) is 2.90. The van der Waals surface area contributed by atoms with E-state index in [9.17, 15) is 5.11 Å². The van der Waals surface area contributed by atoms with Crippen molar-refractivity contribution in [2.45, 2.75) is 44.2 Å². The summed E-state index contributed by atoms with van der Waals surface area (Å²) in [6.45, 7) is 0. The summed E-state index contributed by atoms with van der Waals surface area (Å²) in [5, 5.41) is 18.1. The third kappa shape index (κ3) is 1.09. The quantitative estimate of drug-likeness (QED) is 0.699. The van der Waals surface area contributed by atoms with Gasteiger partial charge < -0.3 is 5.11 Å². The van der Waals surface area contributed by atoms with Gasteiger partial charge in [-0.3, -0.25) is 4.57 Å². The highest BCUT2D eigenvalue weighted by atomic mass is 16.3. The first-order valence-corrected chi connectivity index (χ1v) is 4.98. The molecule has 0 aromatic carbocycles. The van der Waals surface area contributed by atoms with E-state index in [-0.39, 0.29) is 6.23 Å². The van der Waals surface area contributed by atoms with Crippen LogP contribution in [0.25, 0.3) is 0 Å². The first kappa shape index (κ1) is 7.50. The molecule has 1 fully saturated rings. The Balaban J connectivity index is 2.06. The van der Waals surface area contributed by atoms with Crippen LogP contribution in [0.5, 0.6) is 0 Å². The Morgan fingerprint density at radius 2 is 2.08 bits per heavy atom. The van der Waals surface area contributed by atoms with Gasteiger partial charge in [-0.2, -0.15) is 0 Å². The normalized spacial score (nSPS) is 27.3. The molecule has 0 radical (unpaired) electrons. The molecule has 1 aromatic heterocycles. The Bertz CT molecular complexity index is 330. The average Bonchev–Trinajstić information content (AvgIpc) is 2.87. The molecule has 0 saturated heterocycles.